The molecule has 0 aromatic heterocycles. The average Bonchev–Trinajstić information content (AvgIpc) is 2.69. The predicted octanol–water partition coefficient (Wildman–Crippen LogP) is 0.950. The van der Waals surface area contributed by atoms with Crippen LogP contribution in [0.4, 0.5) is 0 Å². The summed E-state index contributed by atoms with van der Waals surface area (Å²) in [4.78, 5) is 18.2. The molecule has 0 radical (unpaired) electrons. The van der Waals surface area contributed by atoms with Crippen LogP contribution in [0, 0.1) is 20.8 Å². The molecule has 126 valence electrons. The molecule has 2 aliphatic rings. The van der Waals surface area contributed by atoms with Crippen molar-refractivity contribution < 1.29 is 14.7 Å². The van der Waals surface area contributed by atoms with E-state index in [2.05, 4.69) is 13.0 Å². The van der Waals surface area contributed by atoms with Gasteiger partial charge in [0.1, 0.15) is 12.1 Å². The fourth-order valence-corrected chi connectivity index (χ4v) is 3.55. The van der Waals surface area contributed by atoms with Gasteiger partial charge in [-0.05, 0) is 43.0 Å². The van der Waals surface area contributed by atoms with Crippen molar-refractivity contribution in [2.45, 2.75) is 32.9 Å². The van der Waals surface area contributed by atoms with Crippen molar-refractivity contribution in [1.82, 2.24) is 15.1 Å². The molecule has 1 aromatic rings. The maximum absolute atomic E-state index is 12.9. The van der Waals surface area contributed by atoms with E-state index in [1.54, 1.807) is 17.1 Å². The summed E-state index contributed by atoms with van der Waals surface area (Å²) in [5.74, 6) is -0.537. The standard InChI is InChI=1S/C17H25N3O3/c1-11-9-13(3)14(10-12(11)2)15-16(21)19-7-5-18(23-4)6-8-20(19)17(15)22/h9-10,15-16,21H,5-8H2,1-4H3. The number of aryl methyl sites for hydroxylation is 3. The molecule has 2 heterocycles. The lowest BCUT2D eigenvalue weighted by molar-refractivity contribution is -0.141. The van der Waals surface area contributed by atoms with E-state index in [-0.39, 0.29) is 5.91 Å². The molecule has 1 amide bonds. The molecule has 2 unspecified atom stereocenters. The highest BCUT2D eigenvalue weighted by atomic mass is 16.7. The van der Waals surface area contributed by atoms with Crippen molar-refractivity contribution in [1.29, 1.82) is 0 Å². The summed E-state index contributed by atoms with van der Waals surface area (Å²) >= 11 is 0. The molecule has 0 aliphatic carbocycles. The highest BCUT2D eigenvalue weighted by molar-refractivity contribution is 5.86. The summed E-state index contributed by atoms with van der Waals surface area (Å²) in [6.07, 6.45) is -0.819. The van der Waals surface area contributed by atoms with Crippen LogP contribution in [-0.4, -0.2) is 65.6 Å². The fourth-order valence-electron chi connectivity index (χ4n) is 3.55. The zero-order valence-electron chi connectivity index (χ0n) is 14.2. The van der Waals surface area contributed by atoms with E-state index in [1.165, 1.54) is 5.56 Å². The van der Waals surface area contributed by atoms with Gasteiger partial charge < -0.3 is 9.94 Å². The predicted molar refractivity (Wildman–Crippen MR) is 86.4 cm³/mol. The number of hydroxylamine groups is 2. The Hall–Kier alpha value is -1.47. The first-order chi connectivity index (χ1) is 10.9. The summed E-state index contributed by atoms with van der Waals surface area (Å²) in [6, 6.07) is 4.14. The zero-order valence-corrected chi connectivity index (χ0v) is 14.2. The highest BCUT2D eigenvalue weighted by Gasteiger charge is 2.47. The summed E-state index contributed by atoms with van der Waals surface area (Å²) in [6.45, 7) is 8.52. The number of hydrogen-bond donors (Lipinski definition) is 1. The Balaban J connectivity index is 1.92. The van der Waals surface area contributed by atoms with Crippen LogP contribution in [0.5, 0.6) is 0 Å². The smallest absolute Gasteiger partial charge is 0.248 e. The number of hydrogen-bond acceptors (Lipinski definition) is 5. The van der Waals surface area contributed by atoms with Gasteiger partial charge in [0.25, 0.3) is 0 Å². The molecular weight excluding hydrogens is 294 g/mol. The molecule has 23 heavy (non-hydrogen) atoms. The third-order valence-electron chi connectivity index (χ3n) is 5.05. The topological polar surface area (TPSA) is 56.3 Å². The van der Waals surface area contributed by atoms with Crippen LogP contribution >= 0.6 is 0 Å². The van der Waals surface area contributed by atoms with E-state index >= 15 is 0 Å². The molecule has 2 saturated heterocycles. The molecule has 6 heteroatoms. The van der Waals surface area contributed by atoms with Gasteiger partial charge in [-0.25, -0.2) is 0 Å². The number of benzene rings is 1. The number of nitrogens with zero attached hydrogens (tertiary/aromatic N) is 3. The van der Waals surface area contributed by atoms with Crippen LogP contribution in [0.25, 0.3) is 0 Å². The average molecular weight is 319 g/mol. The van der Waals surface area contributed by atoms with Crippen molar-refractivity contribution in [3.8, 4) is 0 Å². The Morgan fingerprint density at radius 1 is 1.04 bits per heavy atom. The zero-order chi connectivity index (χ0) is 16.7. The lowest BCUT2D eigenvalue weighted by Gasteiger charge is -2.26. The lowest BCUT2D eigenvalue weighted by Crippen LogP contribution is -2.43. The second kappa shape index (κ2) is 6.20. The lowest BCUT2D eigenvalue weighted by atomic mass is 9.90. The largest absolute Gasteiger partial charge is 0.375 e. The van der Waals surface area contributed by atoms with E-state index < -0.39 is 12.1 Å². The van der Waals surface area contributed by atoms with Crippen LogP contribution in [0.1, 0.15) is 28.2 Å². The normalized spacial score (nSPS) is 26.5. The number of aliphatic hydroxyl groups is 1. The van der Waals surface area contributed by atoms with Crippen LogP contribution in [0.15, 0.2) is 12.1 Å². The van der Waals surface area contributed by atoms with Crippen LogP contribution in [0.3, 0.4) is 0 Å². The van der Waals surface area contributed by atoms with Crippen molar-refractivity contribution in [2.75, 3.05) is 33.3 Å². The molecule has 3 rings (SSSR count). The second-order valence-electron chi connectivity index (χ2n) is 6.42. The number of carbonyl (C=O) groups is 1. The number of aliphatic hydroxyl groups excluding tert-OH is 1. The number of amides is 1. The van der Waals surface area contributed by atoms with E-state index in [0.717, 1.165) is 16.7 Å². The Labute approximate surface area is 137 Å². The molecule has 2 fully saturated rings. The van der Waals surface area contributed by atoms with Gasteiger partial charge in [0, 0.05) is 19.6 Å². The van der Waals surface area contributed by atoms with E-state index in [0.29, 0.717) is 26.2 Å². The molecule has 0 spiro atoms. The third-order valence-corrected chi connectivity index (χ3v) is 5.05. The van der Waals surface area contributed by atoms with Gasteiger partial charge in [0.15, 0.2) is 0 Å². The summed E-state index contributed by atoms with van der Waals surface area (Å²) in [7, 11) is 1.63. The summed E-state index contributed by atoms with van der Waals surface area (Å²) < 4.78 is 0. The molecule has 6 nitrogen and oxygen atoms in total. The number of fused-ring (bicyclic) bond motifs is 1. The van der Waals surface area contributed by atoms with Crippen LogP contribution < -0.4 is 0 Å². The van der Waals surface area contributed by atoms with E-state index in [9.17, 15) is 9.90 Å². The van der Waals surface area contributed by atoms with Gasteiger partial charge in [-0.3, -0.25) is 9.80 Å². The Bertz CT molecular complexity index is 619. The number of hydrazine groups is 1. The van der Waals surface area contributed by atoms with Crippen LogP contribution in [-0.2, 0) is 9.63 Å². The first kappa shape index (κ1) is 16.4. The van der Waals surface area contributed by atoms with Gasteiger partial charge >= 0.3 is 0 Å². The van der Waals surface area contributed by atoms with Crippen LogP contribution in [0.2, 0.25) is 0 Å². The van der Waals surface area contributed by atoms with Gasteiger partial charge in [-0.2, -0.15) is 10.1 Å². The van der Waals surface area contributed by atoms with Crippen molar-refractivity contribution in [3.63, 3.8) is 0 Å². The third kappa shape index (κ3) is 2.76. The molecule has 0 bridgehead atoms. The number of carbonyl (C=O) groups excluding carboxylic acids is 1. The van der Waals surface area contributed by atoms with Gasteiger partial charge in [-0.15, -0.1) is 0 Å². The second-order valence-corrected chi connectivity index (χ2v) is 6.42. The highest BCUT2D eigenvalue weighted by Crippen LogP contribution is 2.35. The summed E-state index contributed by atoms with van der Waals surface area (Å²) in [5.41, 5.74) is 4.34. The SMILES string of the molecule is CON1CCN2C(=O)C(c3cc(C)c(C)cc3C)C(O)N2CC1. The molecule has 2 aliphatic heterocycles. The minimum absolute atomic E-state index is 0.0261. The van der Waals surface area contributed by atoms with Gasteiger partial charge in [0.05, 0.1) is 13.7 Å². The molecular formula is C17H25N3O3. The molecule has 2 atom stereocenters. The minimum atomic E-state index is -0.819. The maximum Gasteiger partial charge on any atom is 0.248 e. The first-order valence-electron chi connectivity index (χ1n) is 8.07. The van der Waals surface area contributed by atoms with E-state index in [4.69, 9.17) is 4.84 Å². The summed E-state index contributed by atoms with van der Waals surface area (Å²) in [5, 5.41) is 16.1. The quantitative estimate of drug-likeness (QED) is 0.880. The molecule has 1 N–H and O–H groups in total. The minimum Gasteiger partial charge on any atom is -0.375 e. The molecule has 0 saturated carbocycles. The fraction of sp³-hybridized carbons (Fsp3) is 0.588. The van der Waals surface area contributed by atoms with E-state index in [1.807, 2.05) is 25.0 Å². The van der Waals surface area contributed by atoms with Crippen molar-refractivity contribution in [3.05, 3.63) is 34.4 Å². The first-order valence-corrected chi connectivity index (χ1v) is 8.07. The monoisotopic (exact) mass is 319 g/mol. The molecule has 1 aromatic carbocycles. The van der Waals surface area contributed by atoms with Crippen molar-refractivity contribution in [2.24, 2.45) is 0 Å². The Kier molecular flexibility index (Phi) is 4.42. The maximum atomic E-state index is 12.9. The Morgan fingerprint density at radius 3 is 2.39 bits per heavy atom. The number of rotatable bonds is 2. The Morgan fingerprint density at radius 2 is 1.70 bits per heavy atom. The van der Waals surface area contributed by atoms with Gasteiger partial charge in [0.2, 0.25) is 5.91 Å². The van der Waals surface area contributed by atoms with Gasteiger partial charge in [-0.1, -0.05) is 12.1 Å². The van der Waals surface area contributed by atoms with Crippen molar-refractivity contribution >= 4 is 5.91 Å².